The zero-order chi connectivity index (χ0) is 12.8. The smallest absolute Gasteiger partial charge is 0.123 e. The monoisotopic (exact) mass is 238 g/mol. The molecule has 2 N–H and O–H groups in total. The lowest BCUT2D eigenvalue weighted by atomic mass is 9.96. The van der Waals surface area contributed by atoms with Crippen LogP contribution in [0.3, 0.4) is 0 Å². The maximum absolute atomic E-state index is 12.8. The molecule has 0 aromatic heterocycles. The number of hydrogen-bond donors (Lipinski definition) is 1. The van der Waals surface area contributed by atoms with Crippen LogP contribution in [0.2, 0.25) is 0 Å². The molecule has 0 aliphatic carbocycles. The molecule has 0 amide bonds. The topological polar surface area (TPSA) is 29.3 Å². The second-order valence-corrected chi connectivity index (χ2v) is 5.09. The molecule has 1 aromatic rings. The number of anilines is 1. The quantitative estimate of drug-likeness (QED) is 0.825. The third-order valence-electron chi connectivity index (χ3n) is 2.94. The first-order valence-electron chi connectivity index (χ1n) is 6.19. The molecule has 0 aliphatic heterocycles. The minimum Gasteiger partial charge on any atom is -0.374 e. The molecule has 0 fully saturated rings. The average Bonchev–Trinajstić information content (AvgIpc) is 2.28. The van der Waals surface area contributed by atoms with Crippen molar-refractivity contribution in [2.45, 2.75) is 20.3 Å². The summed E-state index contributed by atoms with van der Waals surface area (Å²) < 4.78 is 12.8. The van der Waals surface area contributed by atoms with Crippen LogP contribution in [-0.4, -0.2) is 20.1 Å². The zero-order valence-corrected chi connectivity index (χ0v) is 11.0. The lowest BCUT2D eigenvalue weighted by Crippen LogP contribution is -2.31. The van der Waals surface area contributed by atoms with Crippen molar-refractivity contribution in [1.29, 1.82) is 0 Å². The largest absolute Gasteiger partial charge is 0.374 e. The molecule has 0 radical (unpaired) electrons. The summed E-state index contributed by atoms with van der Waals surface area (Å²) in [6.45, 7) is 6.03. The standard InChI is InChI=1S/C14H23FN2/c1-11(2)8-12(9-16)10-17(3)14-6-4-13(15)5-7-14/h4-7,11-12H,8-10,16H2,1-3H3. The van der Waals surface area contributed by atoms with Gasteiger partial charge in [-0.3, -0.25) is 0 Å². The second kappa shape index (κ2) is 6.60. The maximum atomic E-state index is 12.8. The maximum Gasteiger partial charge on any atom is 0.123 e. The van der Waals surface area contributed by atoms with Crippen LogP contribution in [0.25, 0.3) is 0 Å². The van der Waals surface area contributed by atoms with Gasteiger partial charge < -0.3 is 10.6 Å². The van der Waals surface area contributed by atoms with Crippen LogP contribution in [-0.2, 0) is 0 Å². The first-order valence-corrected chi connectivity index (χ1v) is 6.19. The van der Waals surface area contributed by atoms with Crippen molar-refractivity contribution in [1.82, 2.24) is 0 Å². The molecule has 3 heteroatoms. The Morgan fingerprint density at radius 3 is 2.29 bits per heavy atom. The molecule has 17 heavy (non-hydrogen) atoms. The summed E-state index contributed by atoms with van der Waals surface area (Å²) >= 11 is 0. The van der Waals surface area contributed by atoms with Crippen molar-refractivity contribution in [3.63, 3.8) is 0 Å². The highest BCUT2D eigenvalue weighted by Crippen LogP contribution is 2.17. The van der Waals surface area contributed by atoms with E-state index in [4.69, 9.17) is 5.73 Å². The number of benzene rings is 1. The van der Waals surface area contributed by atoms with Gasteiger partial charge in [-0.15, -0.1) is 0 Å². The average molecular weight is 238 g/mol. The van der Waals surface area contributed by atoms with Gasteiger partial charge in [0.1, 0.15) is 5.82 Å². The highest BCUT2D eigenvalue weighted by Gasteiger charge is 2.12. The molecule has 0 saturated carbocycles. The third-order valence-corrected chi connectivity index (χ3v) is 2.94. The molecule has 1 unspecified atom stereocenters. The molecule has 0 heterocycles. The van der Waals surface area contributed by atoms with Crippen LogP contribution in [0, 0.1) is 17.7 Å². The van der Waals surface area contributed by atoms with E-state index in [-0.39, 0.29) is 5.82 Å². The highest BCUT2D eigenvalue weighted by atomic mass is 19.1. The van der Waals surface area contributed by atoms with Crippen LogP contribution >= 0.6 is 0 Å². The van der Waals surface area contributed by atoms with E-state index in [1.807, 2.05) is 7.05 Å². The van der Waals surface area contributed by atoms with E-state index >= 15 is 0 Å². The first kappa shape index (κ1) is 14.0. The highest BCUT2D eigenvalue weighted by molar-refractivity contribution is 5.45. The summed E-state index contributed by atoms with van der Waals surface area (Å²) in [6, 6.07) is 6.59. The van der Waals surface area contributed by atoms with E-state index < -0.39 is 0 Å². The molecular weight excluding hydrogens is 215 g/mol. The Morgan fingerprint density at radius 2 is 1.82 bits per heavy atom. The molecule has 1 atom stereocenters. The van der Waals surface area contributed by atoms with E-state index in [2.05, 4.69) is 18.7 Å². The molecule has 0 aliphatic rings. The fraction of sp³-hybridized carbons (Fsp3) is 0.571. The van der Waals surface area contributed by atoms with Gasteiger partial charge in [-0.2, -0.15) is 0 Å². The normalized spacial score (nSPS) is 12.8. The SMILES string of the molecule is CC(C)CC(CN)CN(C)c1ccc(F)cc1. The molecule has 0 bridgehead atoms. The minimum absolute atomic E-state index is 0.195. The van der Waals surface area contributed by atoms with Crippen molar-refractivity contribution in [2.75, 3.05) is 25.0 Å². The summed E-state index contributed by atoms with van der Waals surface area (Å²) in [4.78, 5) is 2.14. The van der Waals surface area contributed by atoms with Crippen LogP contribution in [0.15, 0.2) is 24.3 Å². The lowest BCUT2D eigenvalue weighted by molar-refractivity contribution is 0.419. The number of hydrogen-bond acceptors (Lipinski definition) is 2. The number of nitrogens with zero attached hydrogens (tertiary/aromatic N) is 1. The van der Waals surface area contributed by atoms with E-state index in [0.29, 0.717) is 18.4 Å². The van der Waals surface area contributed by atoms with Crippen molar-refractivity contribution >= 4 is 5.69 Å². The van der Waals surface area contributed by atoms with E-state index in [1.54, 1.807) is 12.1 Å². The van der Waals surface area contributed by atoms with Crippen molar-refractivity contribution in [2.24, 2.45) is 17.6 Å². The number of nitrogens with two attached hydrogens (primary N) is 1. The molecule has 0 spiro atoms. The predicted molar refractivity (Wildman–Crippen MR) is 71.7 cm³/mol. The molecule has 96 valence electrons. The van der Waals surface area contributed by atoms with Gasteiger partial charge in [0.2, 0.25) is 0 Å². The Balaban J connectivity index is 2.57. The van der Waals surface area contributed by atoms with E-state index in [9.17, 15) is 4.39 Å². The van der Waals surface area contributed by atoms with Gasteiger partial charge in [0.05, 0.1) is 0 Å². The predicted octanol–water partition coefficient (Wildman–Crippen LogP) is 2.88. The summed E-state index contributed by atoms with van der Waals surface area (Å²) in [7, 11) is 2.02. The van der Waals surface area contributed by atoms with Crippen molar-refractivity contribution in [3.8, 4) is 0 Å². The Kier molecular flexibility index (Phi) is 5.42. The summed E-state index contributed by atoms with van der Waals surface area (Å²) in [5, 5.41) is 0. The molecule has 0 saturated heterocycles. The summed E-state index contributed by atoms with van der Waals surface area (Å²) in [5.74, 6) is 0.954. The Labute approximate surface area is 104 Å². The molecule has 2 nitrogen and oxygen atoms in total. The van der Waals surface area contributed by atoms with Gasteiger partial charge in [0.15, 0.2) is 0 Å². The zero-order valence-electron chi connectivity index (χ0n) is 11.0. The lowest BCUT2D eigenvalue weighted by Gasteiger charge is -2.26. The first-order chi connectivity index (χ1) is 8.02. The number of halogens is 1. The van der Waals surface area contributed by atoms with Crippen molar-refractivity contribution in [3.05, 3.63) is 30.1 Å². The van der Waals surface area contributed by atoms with Gasteiger partial charge in [-0.1, -0.05) is 13.8 Å². The van der Waals surface area contributed by atoms with Crippen molar-refractivity contribution < 1.29 is 4.39 Å². The minimum atomic E-state index is -0.195. The van der Waals surface area contributed by atoms with Gasteiger partial charge in [0, 0.05) is 19.3 Å². The van der Waals surface area contributed by atoms with Crippen LogP contribution in [0.1, 0.15) is 20.3 Å². The van der Waals surface area contributed by atoms with E-state index in [0.717, 1.165) is 18.7 Å². The summed E-state index contributed by atoms with van der Waals surface area (Å²) in [5.41, 5.74) is 6.82. The van der Waals surface area contributed by atoms with Gasteiger partial charge in [-0.05, 0) is 49.1 Å². The third kappa shape index (κ3) is 4.73. The van der Waals surface area contributed by atoms with Gasteiger partial charge >= 0.3 is 0 Å². The molecule has 1 aromatic carbocycles. The van der Waals surface area contributed by atoms with Crippen LogP contribution < -0.4 is 10.6 Å². The van der Waals surface area contributed by atoms with E-state index in [1.165, 1.54) is 12.1 Å². The molecule has 1 rings (SSSR count). The van der Waals surface area contributed by atoms with Crippen LogP contribution in [0.4, 0.5) is 10.1 Å². The van der Waals surface area contributed by atoms with Gasteiger partial charge in [0.25, 0.3) is 0 Å². The van der Waals surface area contributed by atoms with Gasteiger partial charge in [-0.25, -0.2) is 4.39 Å². The Morgan fingerprint density at radius 1 is 1.24 bits per heavy atom. The number of rotatable bonds is 6. The Bertz CT molecular complexity index is 321. The Hall–Kier alpha value is -1.09. The summed E-state index contributed by atoms with van der Waals surface area (Å²) in [6.07, 6.45) is 1.13. The molecular formula is C14H23FN2. The second-order valence-electron chi connectivity index (χ2n) is 5.09. The van der Waals surface area contributed by atoms with Crippen LogP contribution in [0.5, 0.6) is 0 Å². The fourth-order valence-electron chi connectivity index (χ4n) is 2.10. The fourth-order valence-corrected chi connectivity index (χ4v) is 2.10.